The molecule has 0 radical (unpaired) electrons. The summed E-state index contributed by atoms with van der Waals surface area (Å²) in [7, 11) is 1.90. The molecule has 2 aromatic heterocycles. The molecule has 0 aliphatic carbocycles. The normalized spacial score (nSPS) is 14.2. The number of nitrogens with zero attached hydrogens (tertiary/aromatic N) is 6. The Hall–Kier alpha value is -4.25. The van der Waals surface area contributed by atoms with Crippen molar-refractivity contribution in [2.75, 3.05) is 18.0 Å². The summed E-state index contributed by atoms with van der Waals surface area (Å²) in [6.45, 7) is 1.56. The average molecular weight is 438 g/mol. The molecule has 5 rings (SSSR count). The van der Waals surface area contributed by atoms with Crippen LogP contribution in [0.2, 0.25) is 0 Å². The number of benzene rings is 2. The fourth-order valence-corrected chi connectivity index (χ4v) is 4.32. The van der Waals surface area contributed by atoms with Gasteiger partial charge in [0.25, 0.3) is 5.91 Å². The summed E-state index contributed by atoms with van der Waals surface area (Å²) >= 11 is 0. The third-order valence-corrected chi connectivity index (χ3v) is 6.14. The van der Waals surface area contributed by atoms with Crippen LogP contribution in [0.5, 0.6) is 0 Å². The van der Waals surface area contributed by atoms with Crippen molar-refractivity contribution in [1.29, 1.82) is 5.26 Å². The molecule has 3 heterocycles. The van der Waals surface area contributed by atoms with Crippen molar-refractivity contribution in [1.82, 2.24) is 25.3 Å². The minimum atomic E-state index is -0.108. The van der Waals surface area contributed by atoms with E-state index in [2.05, 4.69) is 43.7 Å². The van der Waals surface area contributed by atoms with Crippen LogP contribution >= 0.6 is 0 Å². The van der Waals surface area contributed by atoms with Gasteiger partial charge in [0.15, 0.2) is 5.82 Å². The summed E-state index contributed by atoms with van der Waals surface area (Å²) in [6, 6.07) is 19.0. The van der Waals surface area contributed by atoms with Crippen LogP contribution in [0.25, 0.3) is 22.2 Å². The maximum absolute atomic E-state index is 12.6. The monoisotopic (exact) mass is 437 g/mol. The molecule has 1 N–H and O–H groups in total. The largest absolute Gasteiger partial charge is 0.354 e. The van der Waals surface area contributed by atoms with Crippen molar-refractivity contribution < 1.29 is 4.79 Å². The number of carbonyl (C=O) groups excluding carboxylic acids is 1. The van der Waals surface area contributed by atoms with Crippen molar-refractivity contribution in [3.05, 3.63) is 71.9 Å². The Morgan fingerprint density at radius 1 is 1.03 bits per heavy atom. The molecule has 1 aliphatic rings. The Kier molecular flexibility index (Phi) is 5.45. The van der Waals surface area contributed by atoms with Gasteiger partial charge in [-0.05, 0) is 43.2 Å². The first-order valence-corrected chi connectivity index (χ1v) is 10.9. The molecule has 1 saturated heterocycles. The van der Waals surface area contributed by atoms with Crippen LogP contribution < -0.4 is 10.2 Å². The highest BCUT2D eigenvalue weighted by molar-refractivity contribution is 6.00. The summed E-state index contributed by atoms with van der Waals surface area (Å²) in [6.07, 6.45) is 3.40. The molecule has 8 nitrogen and oxygen atoms in total. The number of aryl methyl sites for hydroxylation is 1. The lowest BCUT2D eigenvalue weighted by Gasteiger charge is -2.33. The SMILES string of the molecule is Cn1nccc1-c1nnc(N2CCC(NC(=O)c3ccc(C#N)cc3)CC2)c2ccccc12. The lowest BCUT2D eigenvalue weighted by atomic mass is 10.0. The zero-order chi connectivity index (χ0) is 22.8. The van der Waals surface area contributed by atoms with E-state index in [9.17, 15) is 4.79 Å². The van der Waals surface area contributed by atoms with E-state index in [1.54, 1.807) is 35.1 Å². The van der Waals surface area contributed by atoms with Gasteiger partial charge in [0.2, 0.25) is 0 Å². The van der Waals surface area contributed by atoms with E-state index in [0.717, 1.165) is 53.9 Å². The number of rotatable bonds is 4. The van der Waals surface area contributed by atoms with Crippen molar-refractivity contribution in [2.45, 2.75) is 18.9 Å². The van der Waals surface area contributed by atoms with Gasteiger partial charge in [0, 0.05) is 48.7 Å². The first kappa shape index (κ1) is 20.6. The Balaban J connectivity index is 1.31. The van der Waals surface area contributed by atoms with Crippen molar-refractivity contribution in [2.24, 2.45) is 7.05 Å². The van der Waals surface area contributed by atoms with Crippen molar-refractivity contribution >= 4 is 22.5 Å². The highest BCUT2D eigenvalue weighted by Gasteiger charge is 2.24. The number of amides is 1. The number of anilines is 1. The summed E-state index contributed by atoms with van der Waals surface area (Å²) in [5.41, 5.74) is 2.86. The third kappa shape index (κ3) is 4.01. The molecule has 164 valence electrons. The molecule has 33 heavy (non-hydrogen) atoms. The van der Waals surface area contributed by atoms with Gasteiger partial charge in [-0.3, -0.25) is 9.48 Å². The van der Waals surface area contributed by atoms with Crippen molar-refractivity contribution in [3.8, 4) is 17.5 Å². The van der Waals surface area contributed by atoms with E-state index in [-0.39, 0.29) is 11.9 Å². The molecule has 0 unspecified atom stereocenters. The Morgan fingerprint density at radius 3 is 2.42 bits per heavy atom. The van der Waals surface area contributed by atoms with Crippen LogP contribution in [0.1, 0.15) is 28.8 Å². The first-order valence-electron chi connectivity index (χ1n) is 10.9. The number of nitrogens with one attached hydrogen (secondary N) is 1. The smallest absolute Gasteiger partial charge is 0.251 e. The van der Waals surface area contributed by atoms with E-state index in [1.807, 2.05) is 25.2 Å². The lowest BCUT2D eigenvalue weighted by Crippen LogP contribution is -2.45. The van der Waals surface area contributed by atoms with Gasteiger partial charge in [-0.1, -0.05) is 24.3 Å². The Morgan fingerprint density at radius 2 is 1.76 bits per heavy atom. The summed E-state index contributed by atoms with van der Waals surface area (Å²) in [5, 5.41) is 27.6. The Labute approximate surface area is 191 Å². The maximum Gasteiger partial charge on any atom is 0.251 e. The highest BCUT2D eigenvalue weighted by atomic mass is 16.1. The average Bonchev–Trinajstić information content (AvgIpc) is 3.29. The number of nitriles is 1. The molecule has 4 aromatic rings. The number of piperidine rings is 1. The summed E-state index contributed by atoms with van der Waals surface area (Å²) < 4.78 is 1.80. The zero-order valence-corrected chi connectivity index (χ0v) is 18.3. The van der Waals surface area contributed by atoms with E-state index in [1.165, 1.54) is 0 Å². The van der Waals surface area contributed by atoms with Gasteiger partial charge in [0.05, 0.1) is 17.3 Å². The summed E-state index contributed by atoms with van der Waals surface area (Å²) in [5.74, 6) is 0.761. The van der Waals surface area contributed by atoms with Crippen LogP contribution in [-0.4, -0.2) is 45.0 Å². The third-order valence-electron chi connectivity index (χ3n) is 6.14. The quantitative estimate of drug-likeness (QED) is 0.526. The highest BCUT2D eigenvalue weighted by Crippen LogP contribution is 2.32. The van der Waals surface area contributed by atoms with E-state index in [0.29, 0.717) is 11.1 Å². The van der Waals surface area contributed by atoms with Gasteiger partial charge in [-0.25, -0.2) is 0 Å². The van der Waals surface area contributed by atoms with Crippen LogP contribution in [0.4, 0.5) is 5.82 Å². The van der Waals surface area contributed by atoms with Crippen LogP contribution in [0.3, 0.4) is 0 Å². The molecule has 1 aliphatic heterocycles. The molecule has 0 bridgehead atoms. The minimum absolute atomic E-state index is 0.0948. The summed E-state index contributed by atoms with van der Waals surface area (Å²) in [4.78, 5) is 14.8. The lowest BCUT2D eigenvalue weighted by molar-refractivity contribution is 0.0931. The molecule has 0 saturated carbocycles. The standard InChI is InChI=1S/C25H23N7O/c1-31-22(10-13-27-31)23-20-4-2-3-5-21(20)24(30-29-23)32-14-11-19(12-15-32)28-25(33)18-8-6-17(16-26)7-9-18/h2-10,13,19H,11-12,14-15H2,1H3,(H,28,33). The fraction of sp³-hybridized carbons (Fsp3) is 0.240. The molecular formula is C25H23N7O. The molecular weight excluding hydrogens is 414 g/mol. The second-order valence-corrected chi connectivity index (χ2v) is 8.18. The fourth-order valence-electron chi connectivity index (χ4n) is 4.32. The predicted molar refractivity (Wildman–Crippen MR) is 126 cm³/mol. The number of hydrogen-bond donors (Lipinski definition) is 1. The van der Waals surface area contributed by atoms with Gasteiger partial charge in [0.1, 0.15) is 5.69 Å². The number of hydrogen-bond acceptors (Lipinski definition) is 6. The Bertz CT molecular complexity index is 1350. The minimum Gasteiger partial charge on any atom is -0.354 e. The number of carbonyl (C=O) groups is 1. The van der Waals surface area contributed by atoms with Crippen LogP contribution in [0, 0.1) is 11.3 Å². The molecule has 1 fully saturated rings. The number of fused-ring (bicyclic) bond motifs is 1. The molecule has 0 atom stereocenters. The molecule has 1 amide bonds. The van der Waals surface area contributed by atoms with Crippen LogP contribution in [-0.2, 0) is 7.05 Å². The van der Waals surface area contributed by atoms with Crippen LogP contribution in [0.15, 0.2) is 60.8 Å². The number of aromatic nitrogens is 4. The van der Waals surface area contributed by atoms with Gasteiger partial charge >= 0.3 is 0 Å². The maximum atomic E-state index is 12.6. The van der Waals surface area contributed by atoms with Gasteiger partial charge in [-0.15, -0.1) is 10.2 Å². The predicted octanol–water partition coefficient (Wildman–Crippen LogP) is 3.30. The zero-order valence-electron chi connectivity index (χ0n) is 18.3. The second-order valence-electron chi connectivity index (χ2n) is 8.18. The molecule has 2 aromatic carbocycles. The first-order chi connectivity index (χ1) is 16.1. The van der Waals surface area contributed by atoms with Crippen molar-refractivity contribution in [3.63, 3.8) is 0 Å². The van der Waals surface area contributed by atoms with Gasteiger partial charge < -0.3 is 10.2 Å². The van der Waals surface area contributed by atoms with Gasteiger partial charge in [-0.2, -0.15) is 10.4 Å². The molecule has 8 heteroatoms. The topological polar surface area (TPSA) is 99.7 Å². The molecule has 0 spiro atoms. The van der Waals surface area contributed by atoms with E-state index in [4.69, 9.17) is 5.26 Å². The van der Waals surface area contributed by atoms with E-state index < -0.39 is 0 Å². The second kappa shape index (κ2) is 8.71. The van der Waals surface area contributed by atoms with E-state index >= 15 is 0 Å².